The minimum Gasteiger partial charge on any atom is -0.342 e. The van der Waals surface area contributed by atoms with Crippen LogP contribution >= 0.6 is 15.9 Å². The van der Waals surface area contributed by atoms with Crippen molar-refractivity contribution in [2.45, 2.75) is 31.7 Å². The van der Waals surface area contributed by atoms with Gasteiger partial charge in [-0.3, -0.25) is 4.79 Å². The van der Waals surface area contributed by atoms with Crippen molar-refractivity contribution in [3.8, 4) is 0 Å². The number of amides is 1. The molecule has 0 aromatic heterocycles. The number of halogens is 1. The van der Waals surface area contributed by atoms with Gasteiger partial charge in [-0.2, -0.15) is 0 Å². The van der Waals surface area contributed by atoms with Gasteiger partial charge in [0.1, 0.15) is 0 Å². The second-order valence-corrected chi connectivity index (χ2v) is 5.78. The largest absolute Gasteiger partial charge is 0.342 e. The summed E-state index contributed by atoms with van der Waals surface area (Å²) in [5, 5.41) is 0.957. The maximum atomic E-state index is 11.7. The molecule has 2 rings (SSSR count). The quantitative estimate of drug-likeness (QED) is 0.736. The summed E-state index contributed by atoms with van der Waals surface area (Å²) < 4.78 is 0. The number of alkyl halides is 1. The van der Waals surface area contributed by atoms with Crippen LogP contribution in [0.4, 0.5) is 0 Å². The molecule has 0 N–H and O–H groups in total. The van der Waals surface area contributed by atoms with Crippen LogP contribution in [0.1, 0.15) is 25.7 Å². The summed E-state index contributed by atoms with van der Waals surface area (Å²) in [6.07, 6.45) is 4.52. The van der Waals surface area contributed by atoms with Gasteiger partial charge in [0.05, 0.1) is 0 Å². The molecule has 2 aliphatic heterocycles. The van der Waals surface area contributed by atoms with E-state index in [4.69, 9.17) is 0 Å². The molecule has 0 bridgehead atoms. The van der Waals surface area contributed by atoms with E-state index in [-0.39, 0.29) is 0 Å². The van der Waals surface area contributed by atoms with E-state index in [2.05, 4.69) is 32.8 Å². The Bertz CT molecular complexity index is 259. The number of likely N-dealkylation sites (tertiary alicyclic amines) is 2. The van der Waals surface area contributed by atoms with E-state index < -0.39 is 0 Å². The van der Waals surface area contributed by atoms with E-state index >= 15 is 0 Å². The van der Waals surface area contributed by atoms with E-state index in [1.807, 2.05) is 0 Å². The van der Waals surface area contributed by atoms with E-state index in [0.29, 0.717) is 17.9 Å². The minimum absolute atomic E-state index is 0.352. The standard InChI is InChI=1S/C12H21BrN2O/c1-14-5-2-3-11(14)4-6-15-9-10(8-13)7-12(15)16/h10-11H,2-9H2,1H3. The van der Waals surface area contributed by atoms with Crippen molar-refractivity contribution in [2.24, 2.45) is 5.92 Å². The van der Waals surface area contributed by atoms with E-state index in [0.717, 1.165) is 31.3 Å². The monoisotopic (exact) mass is 288 g/mol. The number of hydrogen-bond acceptors (Lipinski definition) is 2. The van der Waals surface area contributed by atoms with Gasteiger partial charge in [-0.1, -0.05) is 15.9 Å². The third-order valence-electron chi connectivity index (χ3n) is 3.92. The van der Waals surface area contributed by atoms with Crippen LogP contribution in [-0.4, -0.2) is 53.8 Å². The topological polar surface area (TPSA) is 23.6 Å². The Labute approximate surface area is 106 Å². The van der Waals surface area contributed by atoms with Gasteiger partial charge < -0.3 is 9.80 Å². The summed E-state index contributed by atoms with van der Waals surface area (Å²) in [7, 11) is 2.20. The highest BCUT2D eigenvalue weighted by Crippen LogP contribution is 2.22. The van der Waals surface area contributed by atoms with E-state index in [9.17, 15) is 4.79 Å². The van der Waals surface area contributed by atoms with Gasteiger partial charge in [0, 0.05) is 30.9 Å². The molecule has 2 atom stereocenters. The molecule has 2 heterocycles. The van der Waals surface area contributed by atoms with Crippen molar-refractivity contribution in [1.82, 2.24) is 9.80 Å². The van der Waals surface area contributed by atoms with Crippen LogP contribution in [0.3, 0.4) is 0 Å². The Hall–Kier alpha value is -0.0900. The predicted molar refractivity (Wildman–Crippen MR) is 68.8 cm³/mol. The van der Waals surface area contributed by atoms with Crippen molar-refractivity contribution in [1.29, 1.82) is 0 Å². The molecule has 4 heteroatoms. The molecule has 2 fully saturated rings. The highest BCUT2D eigenvalue weighted by molar-refractivity contribution is 9.09. The van der Waals surface area contributed by atoms with Crippen molar-refractivity contribution in [3.05, 3.63) is 0 Å². The molecule has 1 amide bonds. The zero-order chi connectivity index (χ0) is 11.5. The Morgan fingerprint density at radius 2 is 2.31 bits per heavy atom. The molecule has 0 aliphatic carbocycles. The van der Waals surface area contributed by atoms with Crippen molar-refractivity contribution >= 4 is 21.8 Å². The Morgan fingerprint density at radius 1 is 1.50 bits per heavy atom. The molecule has 16 heavy (non-hydrogen) atoms. The van der Waals surface area contributed by atoms with Crippen LogP contribution in [0.15, 0.2) is 0 Å². The van der Waals surface area contributed by atoms with Gasteiger partial charge in [-0.05, 0) is 38.8 Å². The van der Waals surface area contributed by atoms with Crippen LogP contribution in [0.5, 0.6) is 0 Å². The molecule has 0 saturated carbocycles. The van der Waals surface area contributed by atoms with Gasteiger partial charge in [0.2, 0.25) is 5.91 Å². The van der Waals surface area contributed by atoms with Crippen molar-refractivity contribution in [3.63, 3.8) is 0 Å². The smallest absolute Gasteiger partial charge is 0.222 e. The fourth-order valence-corrected chi connectivity index (χ4v) is 3.26. The van der Waals surface area contributed by atoms with Crippen molar-refractivity contribution < 1.29 is 4.79 Å². The first kappa shape index (κ1) is 12.4. The van der Waals surface area contributed by atoms with Crippen LogP contribution in [0.25, 0.3) is 0 Å². The van der Waals surface area contributed by atoms with E-state index in [1.54, 1.807) is 0 Å². The number of carbonyl (C=O) groups excluding carboxylic acids is 1. The molecule has 0 spiro atoms. The lowest BCUT2D eigenvalue weighted by atomic mass is 10.1. The zero-order valence-corrected chi connectivity index (χ0v) is 11.6. The number of hydrogen-bond donors (Lipinski definition) is 0. The van der Waals surface area contributed by atoms with Crippen molar-refractivity contribution in [2.75, 3.05) is 32.0 Å². The van der Waals surface area contributed by atoms with Crippen LogP contribution in [-0.2, 0) is 4.79 Å². The lowest BCUT2D eigenvalue weighted by Crippen LogP contribution is -2.32. The first-order valence-electron chi connectivity index (χ1n) is 6.24. The highest BCUT2D eigenvalue weighted by Gasteiger charge is 2.29. The lowest BCUT2D eigenvalue weighted by molar-refractivity contribution is -0.127. The molecule has 2 saturated heterocycles. The molecule has 2 aliphatic rings. The fourth-order valence-electron chi connectivity index (χ4n) is 2.82. The zero-order valence-electron chi connectivity index (χ0n) is 9.99. The summed E-state index contributed by atoms with van der Waals surface area (Å²) in [5.74, 6) is 0.888. The predicted octanol–water partition coefficient (Wildman–Crippen LogP) is 1.71. The van der Waals surface area contributed by atoms with Crippen LogP contribution in [0.2, 0.25) is 0 Å². The maximum absolute atomic E-state index is 11.7. The normalized spacial score (nSPS) is 31.6. The van der Waals surface area contributed by atoms with E-state index in [1.165, 1.54) is 19.4 Å². The molecular weight excluding hydrogens is 268 g/mol. The summed E-state index contributed by atoms with van der Waals surface area (Å²) in [5.41, 5.74) is 0. The molecular formula is C12H21BrN2O. The average molecular weight is 289 g/mol. The third-order valence-corrected chi connectivity index (χ3v) is 4.83. The second-order valence-electron chi connectivity index (χ2n) is 5.13. The lowest BCUT2D eigenvalue weighted by Gasteiger charge is -2.23. The Balaban J connectivity index is 1.75. The summed E-state index contributed by atoms with van der Waals surface area (Å²) >= 11 is 3.47. The molecule has 3 nitrogen and oxygen atoms in total. The maximum Gasteiger partial charge on any atom is 0.222 e. The number of carbonyl (C=O) groups is 1. The first-order valence-corrected chi connectivity index (χ1v) is 7.37. The highest BCUT2D eigenvalue weighted by atomic mass is 79.9. The molecule has 0 aromatic carbocycles. The van der Waals surface area contributed by atoms with Crippen LogP contribution < -0.4 is 0 Å². The fraction of sp³-hybridized carbons (Fsp3) is 0.917. The Morgan fingerprint density at radius 3 is 2.88 bits per heavy atom. The van der Waals surface area contributed by atoms with Gasteiger partial charge in [0.15, 0.2) is 0 Å². The summed E-state index contributed by atoms with van der Waals surface area (Å²) in [6, 6.07) is 0.704. The average Bonchev–Trinajstić information content (AvgIpc) is 2.82. The molecule has 0 aromatic rings. The van der Waals surface area contributed by atoms with Gasteiger partial charge in [0.25, 0.3) is 0 Å². The molecule has 92 valence electrons. The number of rotatable bonds is 4. The second kappa shape index (κ2) is 5.50. The molecule has 0 radical (unpaired) electrons. The van der Waals surface area contributed by atoms with Gasteiger partial charge in [-0.15, -0.1) is 0 Å². The van der Waals surface area contributed by atoms with Gasteiger partial charge in [-0.25, -0.2) is 0 Å². The third kappa shape index (κ3) is 2.77. The number of nitrogens with zero attached hydrogens (tertiary/aromatic N) is 2. The summed E-state index contributed by atoms with van der Waals surface area (Å²) in [4.78, 5) is 16.2. The first-order chi connectivity index (χ1) is 7.70. The minimum atomic E-state index is 0.352. The van der Waals surface area contributed by atoms with Gasteiger partial charge >= 0.3 is 0 Å². The molecule has 2 unspecified atom stereocenters. The summed E-state index contributed by atoms with van der Waals surface area (Å²) in [6.45, 7) is 3.14. The van der Waals surface area contributed by atoms with Crippen LogP contribution in [0, 0.1) is 5.92 Å². The Kier molecular flexibility index (Phi) is 4.25. The SMILES string of the molecule is CN1CCCC1CCN1CC(CBr)CC1=O.